The summed E-state index contributed by atoms with van der Waals surface area (Å²) in [6.07, 6.45) is 2.54. The van der Waals surface area contributed by atoms with Crippen molar-refractivity contribution in [3.05, 3.63) is 11.7 Å². The first-order chi connectivity index (χ1) is 8.04. The Morgan fingerprint density at radius 3 is 2.76 bits per heavy atom. The second kappa shape index (κ2) is 6.64. The third kappa shape index (κ3) is 4.38. The van der Waals surface area contributed by atoms with Crippen LogP contribution in [0.5, 0.6) is 0 Å². The van der Waals surface area contributed by atoms with E-state index in [1.54, 1.807) is 23.7 Å². The standard InChI is InChI=1S/C11H19N3O2S/c1-8(2)11-12-9(13-16-11)7-14(3)10(15)5-6-17-4/h8H,5-7H2,1-4H3. The molecule has 96 valence electrons. The molecule has 0 fully saturated rings. The number of hydrogen-bond acceptors (Lipinski definition) is 5. The number of thioether (sulfide) groups is 1. The van der Waals surface area contributed by atoms with Crippen molar-refractivity contribution in [1.29, 1.82) is 0 Å². The zero-order chi connectivity index (χ0) is 12.8. The van der Waals surface area contributed by atoms with Crippen molar-refractivity contribution in [2.24, 2.45) is 0 Å². The van der Waals surface area contributed by atoms with E-state index in [1.165, 1.54) is 0 Å². The zero-order valence-corrected chi connectivity index (χ0v) is 11.6. The van der Waals surface area contributed by atoms with Crippen LogP contribution in [0.25, 0.3) is 0 Å². The van der Waals surface area contributed by atoms with E-state index in [0.717, 1.165) is 5.75 Å². The van der Waals surface area contributed by atoms with Crippen LogP contribution in [0.15, 0.2) is 4.52 Å². The SMILES string of the molecule is CSCCC(=O)N(C)Cc1noc(C(C)C)n1. The summed E-state index contributed by atoms with van der Waals surface area (Å²) in [5, 5.41) is 3.85. The maximum absolute atomic E-state index is 11.7. The van der Waals surface area contributed by atoms with Gasteiger partial charge in [-0.15, -0.1) is 0 Å². The molecule has 0 aliphatic carbocycles. The van der Waals surface area contributed by atoms with Crippen LogP contribution >= 0.6 is 11.8 Å². The van der Waals surface area contributed by atoms with E-state index in [2.05, 4.69) is 10.1 Å². The van der Waals surface area contributed by atoms with Gasteiger partial charge in [-0.05, 0) is 6.26 Å². The number of hydrogen-bond donors (Lipinski definition) is 0. The van der Waals surface area contributed by atoms with Gasteiger partial charge in [-0.3, -0.25) is 4.79 Å². The highest BCUT2D eigenvalue weighted by atomic mass is 32.2. The van der Waals surface area contributed by atoms with Gasteiger partial charge in [-0.2, -0.15) is 16.7 Å². The number of nitrogens with zero attached hydrogens (tertiary/aromatic N) is 3. The van der Waals surface area contributed by atoms with Gasteiger partial charge in [-0.25, -0.2) is 0 Å². The largest absolute Gasteiger partial charge is 0.339 e. The molecule has 0 bridgehead atoms. The van der Waals surface area contributed by atoms with E-state index >= 15 is 0 Å². The first kappa shape index (κ1) is 14.0. The van der Waals surface area contributed by atoms with Gasteiger partial charge >= 0.3 is 0 Å². The first-order valence-corrected chi connectivity index (χ1v) is 6.99. The van der Waals surface area contributed by atoms with Crippen LogP contribution in [0, 0.1) is 0 Å². The lowest BCUT2D eigenvalue weighted by atomic mass is 10.2. The lowest BCUT2D eigenvalue weighted by Gasteiger charge is -2.14. The Morgan fingerprint density at radius 1 is 1.53 bits per heavy atom. The van der Waals surface area contributed by atoms with Crippen molar-refractivity contribution in [1.82, 2.24) is 15.0 Å². The van der Waals surface area contributed by atoms with E-state index < -0.39 is 0 Å². The highest BCUT2D eigenvalue weighted by Gasteiger charge is 2.14. The van der Waals surface area contributed by atoms with Gasteiger partial charge in [0.25, 0.3) is 0 Å². The summed E-state index contributed by atoms with van der Waals surface area (Å²) in [5.41, 5.74) is 0. The van der Waals surface area contributed by atoms with Gasteiger partial charge in [0.2, 0.25) is 11.8 Å². The summed E-state index contributed by atoms with van der Waals surface area (Å²) >= 11 is 1.66. The highest BCUT2D eigenvalue weighted by molar-refractivity contribution is 7.98. The van der Waals surface area contributed by atoms with E-state index in [1.807, 2.05) is 20.1 Å². The molecule has 1 aromatic heterocycles. The van der Waals surface area contributed by atoms with E-state index in [-0.39, 0.29) is 11.8 Å². The predicted octanol–water partition coefficient (Wildman–Crippen LogP) is 1.90. The fraction of sp³-hybridized carbons (Fsp3) is 0.727. The molecule has 0 unspecified atom stereocenters. The van der Waals surface area contributed by atoms with Crippen molar-refractivity contribution < 1.29 is 9.32 Å². The lowest BCUT2D eigenvalue weighted by Crippen LogP contribution is -2.26. The number of carbonyl (C=O) groups excluding carboxylic acids is 1. The molecular formula is C11H19N3O2S. The minimum Gasteiger partial charge on any atom is -0.339 e. The first-order valence-electron chi connectivity index (χ1n) is 5.60. The van der Waals surface area contributed by atoms with Crippen LogP contribution in [0.2, 0.25) is 0 Å². The Bertz CT molecular complexity index is 365. The van der Waals surface area contributed by atoms with Crippen molar-refractivity contribution in [3.63, 3.8) is 0 Å². The molecule has 0 aliphatic heterocycles. The minimum absolute atomic E-state index is 0.107. The molecule has 1 rings (SSSR count). The van der Waals surface area contributed by atoms with Gasteiger partial charge in [0.15, 0.2) is 5.82 Å². The van der Waals surface area contributed by atoms with Gasteiger partial charge in [0.1, 0.15) is 0 Å². The molecule has 0 atom stereocenters. The van der Waals surface area contributed by atoms with E-state index in [4.69, 9.17) is 4.52 Å². The lowest BCUT2D eigenvalue weighted by molar-refractivity contribution is -0.130. The van der Waals surface area contributed by atoms with Gasteiger partial charge in [0.05, 0.1) is 6.54 Å². The molecule has 0 N–H and O–H groups in total. The normalized spacial score (nSPS) is 10.9. The van der Waals surface area contributed by atoms with E-state index in [0.29, 0.717) is 24.7 Å². The van der Waals surface area contributed by atoms with Crippen molar-refractivity contribution in [2.75, 3.05) is 19.1 Å². The quantitative estimate of drug-likeness (QED) is 0.779. The second-order valence-corrected chi connectivity index (χ2v) is 5.18. The molecule has 0 radical (unpaired) electrons. The number of aromatic nitrogens is 2. The molecule has 1 heterocycles. The molecule has 0 aromatic carbocycles. The molecule has 1 aromatic rings. The Kier molecular flexibility index (Phi) is 5.47. The number of amides is 1. The molecule has 0 saturated heterocycles. The van der Waals surface area contributed by atoms with Gasteiger partial charge in [-0.1, -0.05) is 19.0 Å². The average molecular weight is 257 g/mol. The minimum atomic E-state index is 0.107. The topological polar surface area (TPSA) is 59.2 Å². The molecule has 0 aliphatic rings. The summed E-state index contributed by atoms with van der Waals surface area (Å²) in [7, 11) is 1.76. The van der Waals surface area contributed by atoms with Crippen molar-refractivity contribution >= 4 is 17.7 Å². The van der Waals surface area contributed by atoms with Crippen LogP contribution in [0.3, 0.4) is 0 Å². The second-order valence-electron chi connectivity index (χ2n) is 4.20. The van der Waals surface area contributed by atoms with Crippen LogP contribution in [-0.2, 0) is 11.3 Å². The average Bonchev–Trinajstić information content (AvgIpc) is 2.74. The van der Waals surface area contributed by atoms with Crippen LogP contribution < -0.4 is 0 Å². The highest BCUT2D eigenvalue weighted by Crippen LogP contribution is 2.11. The summed E-state index contributed by atoms with van der Waals surface area (Å²) in [4.78, 5) is 17.5. The van der Waals surface area contributed by atoms with Crippen molar-refractivity contribution in [2.45, 2.75) is 32.7 Å². The summed E-state index contributed by atoms with van der Waals surface area (Å²) in [6, 6.07) is 0. The van der Waals surface area contributed by atoms with E-state index in [9.17, 15) is 4.79 Å². The monoisotopic (exact) mass is 257 g/mol. The summed E-state index contributed by atoms with van der Waals surface area (Å²) in [6.45, 7) is 4.39. The van der Waals surface area contributed by atoms with Gasteiger partial charge < -0.3 is 9.42 Å². The van der Waals surface area contributed by atoms with Crippen LogP contribution in [-0.4, -0.2) is 40.0 Å². The molecule has 1 amide bonds. The van der Waals surface area contributed by atoms with Gasteiger partial charge in [0, 0.05) is 25.1 Å². The maximum Gasteiger partial charge on any atom is 0.229 e. The third-order valence-corrected chi connectivity index (χ3v) is 2.91. The fourth-order valence-corrected chi connectivity index (χ4v) is 1.63. The third-order valence-electron chi connectivity index (χ3n) is 2.30. The summed E-state index contributed by atoms with van der Waals surface area (Å²) in [5.74, 6) is 2.34. The van der Waals surface area contributed by atoms with Crippen molar-refractivity contribution in [3.8, 4) is 0 Å². The molecule has 5 nitrogen and oxygen atoms in total. The molecule has 0 saturated carbocycles. The predicted molar refractivity (Wildman–Crippen MR) is 67.9 cm³/mol. The number of rotatable bonds is 6. The molecule has 6 heteroatoms. The zero-order valence-electron chi connectivity index (χ0n) is 10.8. The Labute approximate surface area is 106 Å². The van der Waals surface area contributed by atoms with Crippen LogP contribution in [0.4, 0.5) is 0 Å². The molecular weight excluding hydrogens is 238 g/mol. The Morgan fingerprint density at radius 2 is 2.24 bits per heavy atom. The van der Waals surface area contributed by atoms with Crippen LogP contribution in [0.1, 0.15) is 37.9 Å². The summed E-state index contributed by atoms with van der Waals surface area (Å²) < 4.78 is 5.08. The smallest absolute Gasteiger partial charge is 0.229 e. The number of carbonyl (C=O) groups is 1. The molecule has 0 spiro atoms. The molecule has 17 heavy (non-hydrogen) atoms. The Hall–Kier alpha value is -1.04. The maximum atomic E-state index is 11.7. The fourth-order valence-electron chi connectivity index (χ4n) is 1.25. The Balaban J connectivity index is 2.49.